The molecule has 0 aromatic carbocycles. The number of ether oxygens (including phenoxy) is 2. The molecule has 0 saturated heterocycles. The number of carboxylic acids is 1. The summed E-state index contributed by atoms with van der Waals surface area (Å²) in [4.78, 5) is 22.6. The molecule has 110 valence electrons. The summed E-state index contributed by atoms with van der Waals surface area (Å²) in [7, 11) is 0. The molecule has 2 N–H and O–H groups in total. The fraction of sp³-hybridized carbons (Fsp3) is 0.846. The standard InChI is InChI=1S/C13H23NO5/c1-13(2,3)19-12(17)14-10(11(15)16)8-18-9-6-4-5-7-9/h9-10H,4-8H2,1-3H3,(H,14,17)(H,15,16). The molecule has 1 amide bonds. The number of rotatable bonds is 5. The lowest BCUT2D eigenvalue weighted by Gasteiger charge is -2.22. The summed E-state index contributed by atoms with van der Waals surface area (Å²) < 4.78 is 10.5. The minimum Gasteiger partial charge on any atom is -0.480 e. The lowest BCUT2D eigenvalue weighted by atomic mass is 10.2. The number of hydrogen-bond donors (Lipinski definition) is 2. The van der Waals surface area contributed by atoms with Gasteiger partial charge in [-0.3, -0.25) is 0 Å². The van der Waals surface area contributed by atoms with Crippen LogP contribution >= 0.6 is 0 Å². The Labute approximate surface area is 113 Å². The Morgan fingerprint density at radius 1 is 1.32 bits per heavy atom. The zero-order valence-electron chi connectivity index (χ0n) is 11.8. The maximum Gasteiger partial charge on any atom is 0.408 e. The van der Waals surface area contributed by atoms with Crippen LogP contribution in [0.15, 0.2) is 0 Å². The van der Waals surface area contributed by atoms with E-state index in [2.05, 4.69) is 5.32 Å². The van der Waals surface area contributed by atoms with Gasteiger partial charge in [-0.15, -0.1) is 0 Å². The molecule has 1 saturated carbocycles. The predicted octanol–water partition coefficient (Wildman–Crippen LogP) is 1.92. The third kappa shape index (κ3) is 6.42. The highest BCUT2D eigenvalue weighted by Crippen LogP contribution is 2.20. The number of carbonyl (C=O) groups excluding carboxylic acids is 1. The summed E-state index contributed by atoms with van der Waals surface area (Å²) in [6, 6.07) is -1.07. The minimum atomic E-state index is -1.12. The van der Waals surface area contributed by atoms with Crippen molar-refractivity contribution in [3.05, 3.63) is 0 Å². The van der Waals surface area contributed by atoms with Crippen LogP contribution in [0.5, 0.6) is 0 Å². The number of nitrogens with one attached hydrogen (secondary N) is 1. The molecule has 0 aromatic heterocycles. The van der Waals surface area contributed by atoms with E-state index in [0.29, 0.717) is 0 Å². The molecular formula is C13H23NO5. The smallest absolute Gasteiger partial charge is 0.408 e. The number of carbonyl (C=O) groups is 2. The number of hydrogen-bond acceptors (Lipinski definition) is 4. The summed E-state index contributed by atoms with van der Waals surface area (Å²) in [5, 5.41) is 11.4. The van der Waals surface area contributed by atoms with E-state index < -0.39 is 23.7 Å². The SMILES string of the molecule is CC(C)(C)OC(=O)NC(COC1CCCC1)C(=O)O. The maximum atomic E-state index is 11.5. The second-order valence-corrected chi connectivity index (χ2v) is 5.78. The van der Waals surface area contributed by atoms with Gasteiger partial charge in [0.2, 0.25) is 0 Å². The highest BCUT2D eigenvalue weighted by atomic mass is 16.6. The fourth-order valence-electron chi connectivity index (χ4n) is 1.91. The van der Waals surface area contributed by atoms with Crippen LogP contribution in [-0.2, 0) is 14.3 Å². The quantitative estimate of drug-likeness (QED) is 0.799. The van der Waals surface area contributed by atoms with E-state index in [1.807, 2.05) is 0 Å². The van der Waals surface area contributed by atoms with E-state index >= 15 is 0 Å². The van der Waals surface area contributed by atoms with Gasteiger partial charge in [0.1, 0.15) is 5.60 Å². The Balaban J connectivity index is 2.39. The van der Waals surface area contributed by atoms with Crippen molar-refractivity contribution in [3.63, 3.8) is 0 Å². The van der Waals surface area contributed by atoms with Gasteiger partial charge in [0, 0.05) is 0 Å². The van der Waals surface area contributed by atoms with Gasteiger partial charge < -0.3 is 19.9 Å². The molecule has 6 heteroatoms. The highest BCUT2D eigenvalue weighted by molar-refractivity contribution is 5.80. The minimum absolute atomic E-state index is 0.0285. The molecular weight excluding hydrogens is 250 g/mol. The van der Waals surface area contributed by atoms with Crippen LogP contribution in [0.4, 0.5) is 4.79 Å². The molecule has 0 spiro atoms. The van der Waals surface area contributed by atoms with Gasteiger partial charge in [-0.2, -0.15) is 0 Å². The van der Waals surface area contributed by atoms with Crippen molar-refractivity contribution in [3.8, 4) is 0 Å². The van der Waals surface area contributed by atoms with Gasteiger partial charge in [-0.25, -0.2) is 9.59 Å². The average Bonchev–Trinajstić information content (AvgIpc) is 2.73. The molecule has 1 aliphatic carbocycles. The maximum absolute atomic E-state index is 11.5. The van der Waals surface area contributed by atoms with Crippen molar-refractivity contribution in [2.45, 2.75) is 64.2 Å². The van der Waals surface area contributed by atoms with Crippen molar-refractivity contribution < 1.29 is 24.2 Å². The Morgan fingerprint density at radius 3 is 2.37 bits per heavy atom. The molecule has 1 aliphatic rings. The largest absolute Gasteiger partial charge is 0.480 e. The van der Waals surface area contributed by atoms with Gasteiger partial charge in [-0.05, 0) is 33.6 Å². The number of amides is 1. The molecule has 0 heterocycles. The Hall–Kier alpha value is -1.30. The first-order chi connectivity index (χ1) is 8.78. The van der Waals surface area contributed by atoms with Gasteiger partial charge in [-0.1, -0.05) is 12.8 Å². The number of alkyl carbamates (subject to hydrolysis) is 1. The van der Waals surface area contributed by atoms with Crippen molar-refractivity contribution in [2.75, 3.05) is 6.61 Å². The summed E-state index contributed by atoms with van der Waals surface area (Å²) in [6.45, 7) is 5.13. The number of aliphatic carboxylic acids is 1. The molecule has 1 atom stereocenters. The van der Waals surface area contributed by atoms with Crippen LogP contribution < -0.4 is 5.32 Å². The normalized spacial score (nSPS) is 18.1. The van der Waals surface area contributed by atoms with Gasteiger partial charge in [0.15, 0.2) is 6.04 Å². The molecule has 0 aromatic rings. The third-order valence-electron chi connectivity index (χ3n) is 2.79. The average molecular weight is 273 g/mol. The van der Waals surface area contributed by atoms with Crippen LogP contribution in [0.2, 0.25) is 0 Å². The van der Waals surface area contributed by atoms with Crippen LogP contribution in [0.1, 0.15) is 46.5 Å². The van der Waals surface area contributed by atoms with E-state index in [1.54, 1.807) is 20.8 Å². The van der Waals surface area contributed by atoms with Crippen LogP contribution in [0, 0.1) is 0 Å². The van der Waals surface area contributed by atoms with Gasteiger partial charge in [0.25, 0.3) is 0 Å². The zero-order valence-corrected chi connectivity index (χ0v) is 11.8. The Bertz CT molecular complexity index is 317. The molecule has 1 fully saturated rings. The van der Waals surface area contributed by atoms with Crippen LogP contribution in [-0.4, -0.2) is 41.5 Å². The van der Waals surface area contributed by atoms with E-state index in [1.165, 1.54) is 0 Å². The van der Waals surface area contributed by atoms with E-state index in [0.717, 1.165) is 25.7 Å². The first-order valence-electron chi connectivity index (χ1n) is 6.62. The van der Waals surface area contributed by atoms with Crippen LogP contribution in [0.3, 0.4) is 0 Å². The fourth-order valence-corrected chi connectivity index (χ4v) is 1.91. The summed E-state index contributed by atoms with van der Waals surface area (Å²) >= 11 is 0. The summed E-state index contributed by atoms with van der Waals surface area (Å²) in [6.07, 6.45) is 3.51. The second-order valence-electron chi connectivity index (χ2n) is 5.78. The van der Waals surface area contributed by atoms with Gasteiger partial charge in [0.05, 0.1) is 12.7 Å². The zero-order chi connectivity index (χ0) is 14.5. The molecule has 19 heavy (non-hydrogen) atoms. The second kappa shape index (κ2) is 6.75. The predicted molar refractivity (Wildman–Crippen MR) is 69.0 cm³/mol. The molecule has 0 bridgehead atoms. The first kappa shape index (κ1) is 15.8. The monoisotopic (exact) mass is 273 g/mol. The molecule has 0 aliphatic heterocycles. The van der Waals surface area contributed by atoms with Crippen molar-refractivity contribution in [2.24, 2.45) is 0 Å². The lowest BCUT2D eigenvalue weighted by molar-refractivity contribution is -0.141. The van der Waals surface area contributed by atoms with Crippen molar-refractivity contribution in [1.82, 2.24) is 5.32 Å². The Morgan fingerprint density at radius 2 is 1.89 bits per heavy atom. The molecule has 0 radical (unpaired) electrons. The summed E-state index contributed by atoms with van der Waals surface area (Å²) in [5.41, 5.74) is -0.653. The van der Waals surface area contributed by atoms with E-state index in [-0.39, 0.29) is 12.7 Å². The summed E-state index contributed by atoms with van der Waals surface area (Å²) in [5.74, 6) is -1.12. The van der Waals surface area contributed by atoms with Crippen molar-refractivity contribution >= 4 is 12.1 Å². The first-order valence-corrected chi connectivity index (χ1v) is 6.62. The lowest BCUT2D eigenvalue weighted by Crippen LogP contribution is -2.46. The highest BCUT2D eigenvalue weighted by Gasteiger charge is 2.26. The topological polar surface area (TPSA) is 84.9 Å². The Kier molecular flexibility index (Phi) is 5.60. The van der Waals surface area contributed by atoms with Gasteiger partial charge >= 0.3 is 12.1 Å². The van der Waals surface area contributed by atoms with Crippen molar-refractivity contribution in [1.29, 1.82) is 0 Å². The third-order valence-corrected chi connectivity index (χ3v) is 2.79. The van der Waals surface area contributed by atoms with Crippen LogP contribution in [0.25, 0.3) is 0 Å². The van der Waals surface area contributed by atoms with E-state index in [4.69, 9.17) is 14.6 Å². The molecule has 1 unspecified atom stereocenters. The number of carboxylic acid groups (broad SMARTS) is 1. The molecule has 1 rings (SSSR count). The van der Waals surface area contributed by atoms with E-state index in [9.17, 15) is 9.59 Å². The molecule has 6 nitrogen and oxygen atoms in total.